The molecule has 28 heavy (non-hydrogen) atoms. The maximum Gasteiger partial charge on any atom is 0.200 e. The molecule has 0 radical (unpaired) electrons. The van der Waals surface area contributed by atoms with Gasteiger partial charge < -0.3 is 9.47 Å². The SMILES string of the molecule is CCC(C)c1ccc(OC(CC(C)C)OC2CCC3CCCCC3C2)c(C)c1. The molecule has 0 saturated heterocycles. The van der Waals surface area contributed by atoms with Crippen LogP contribution in [0.15, 0.2) is 18.2 Å². The third-order valence-corrected chi connectivity index (χ3v) is 7.14. The molecule has 0 amide bonds. The van der Waals surface area contributed by atoms with Crippen molar-refractivity contribution in [2.75, 3.05) is 0 Å². The summed E-state index contributed by atoms with van der Waals surface area (Å²) >= 11 is 0. The van der Waals surface area contributed by atoms with Crippen LogP contribution < -0.4 is 4.74 Å². The van der Waals surface area contributed by atoms with Crippen LogP contribution in [-0.2, 0) is 4.74 Å². The molecule has 0 aromatic heterocycles. The molecule has 2 aliphatic carbocycles. The number of rotatable bonds is 8. The van der Waals surface area contributed by atoms with Crippen LogP contribution in [0.4, 0.5) is 0 Å². The summed E-state index contributed by atoms with van der Waals surface area (Å²) in [5.41, 5.74) is 2.63. The van der Waals surface area contributed by atoms with Gasteiger partial charge in [0.15, 0.2) is 6.29 Å². The second-order valence-corrected chi connectivity index (χ2v) is 9.89. The minimum atomic E-state index is -0.127. The quantitative estimate of drug-likeness (QED) is 0.427. The molecule has 1 aromatic carbocycles. The zero-order valence-electron chi connectivity index (χ0n) is 18.9. The Hall–Kier alpha value is -1.02. The molecule has 0 aliphatic heterocycles. The fourth-order valence-electron chi connectivity index (χ4n) is 5.17. The molecule has 1 aromatic rings. The summed E-state index contributed by atoms with van der Waals surface area (Å²) in [7, 11) is 0. The average Bonchev–Trinajstić information content (AvgIpc) is 2.68. The van der Waals surface area contributed by atoms with Gasteiger partial charge in [0.1, 0.15) is 5.75 Å². The molecule has 0 bridgehead atoms. The van der Waals surface area contributed by atoms with E-state index in [0.717, 1.165) is 24.0 Å². The Morgan fingerprint density at radius 2 is 1.75 bits per heavy atom. The van der Waals surface area contributed by atoms with Crippen molar-refractivity contribution in [3.05, 3.63) is 29.3 Å². The second kappa shape index (κ2) is 10.1. The molecule has 3 rings (SSSR count). The monoisotopic (exact) mass is 386 g/mol. The van der Waals surface area contributed by atoms with Gasteiger partial charge in [0.05, 0.1) is 6.10 Å². The molecule has 0 spiro atoms. The van der Waals surface area contributed by atoms with E-state index in [9.17, 15) is 0 Å². The predicted molar refractivity (Wildman–Crippen MR) is 118 cm³/mol. The lowest BCUT2D eigenvalue weighted by Crippen LogP contribution is -2.36. The topological polar surface area (TPSA) is 18.5 Å². The fourth-order valence-corrected chi connectivity index (χ4v) is 5.17. The molecular weight excluding hydrogens is 344 g/mol. The highest BCUT2D eigenvalue weighted by Gasteiger charge is 2.34. The van der Waals surface area contributed by atoms with E-state index in [1.807, 2.05) is 0 Å². The van der Waals surface area contributed by atoms with Crippen molar-refractivity contribution < 1.29 is 9.47 Å². The summed E-state index contributed by atoms with van der Waals surface area (Å²) in [5.74, 6) is 4.01. The summed E-state index contributed by atoms with van der Waals surface area (Å²) in [6, 6.07) is 6.69. The van der Waals surface area contributed by atoms with E-state index in [-0.39, 0.29) is 6.29 Å². The van der Waals surface area contributed by atoms with Crippen LogP contribution in [0.3, 0.4) is 0 Å². The zero-order chi connectivity index (χ0) is 20.1. The number of aryl methyl sites for hydroxylation is 1. The first kappa shape index (κ1) is 21.7. The van der Waals surface area contributed by atoms with Gasteiger partial charge in [-0.2, -0.15) is 0 Å². The minimum absolute atomic E-state index is 0.127. The van der Waals surface area contributed by atoms with Crippen LogP contribution >= 0.6 is 0 Å². The Morgan fingerprint density at radius 1 is 1.00 bits per heavy atom. The van der Waals surface area contributed by atoms with E-state index in [1.54, 1.807) is 0 Å². The molecule has 0 heterocycles. The van der Waals surface area contributed by atoms with Gasteiger partial charge in [0.25, 0.3) is 0 Å². The van der Waals surface area contributed by atoms with Crippen LogP contribution in [0.5, 0.6) is 5.75 Å². The van der Waals surface area contributed by atoms with Gasteiger partial charge in [0.2, 0.25) is 0 Å². The van der Waals surface area contributed by atoms with Crippen LogP contribution in [0.1, 0.15) is 103 Å². The van der Waals surface area contributed by atoms with E-state index < -0.39 is 0 Å². The highest BCUT2D eigenvalue weighted by Crippen LogP contribution is 2.41. The number of benzene rings is 1. The van der Waals surface area contributed by atoms with E-state index >= 15 is 0 Å². The zero-order valence-corrected chi connectivity index (χ0v) is 18.9. The molecule has 5 atom stereocenters. The summed E-state index contributed by atoms with van der Waals surface area (Å²) in [6.07, 6.45) is 11.9. The lowest BCUT2D eigenvalue weighted by atomic mass is 9.70. The van der Waals surface area contributed by atoms with Crippen molar-refractivity contribution in [3.8, 4) is 5.75 Å². The predicted octanol–water partition coefficient (Wildman–Crippen LogP) is 7.64. The van der Waals surface area contributed by atoms with Gasteiger partial charge in [0, 0.05) is 6.42 Å². The molecule has 158 valence electrons. The second-order valence-electron chi connectivity index (χ2n) is 9.89. The molecular formula is C26H42O2. The van der Waals surface area contributed by atoms with Crippen molar-refractivity contribution in [2.24, 2.45) is 17.8 Å². The van der Waals surface area contributed by atoms with Crippen molar-refractivity contribution in [1.82, 2.24) is 0 Å². The molecule has 2 aliphatic rings. The number of fused-ring (bicyclic) bond motifs is 1. The fraction of sp³-hybridized carbons (Fsp3) is 0.769. The third kappa shape index (κ3) is 5.75. The van der Waals surface area contributed by atoms with Gasteiger partial charge in [-0.1, -0.05) is 65.5 Å². The summed E-state index contributed by atoms with van der Waals surface area (Å²) < 4.78 is 13.0. The summed E-state index contributed by atoms with van der Waals surface area (Å²) in [4.78, 5) is 0. The third-order valence-electron chi connectivity index (χ3n) is 7.14. The first-order chi connectivity index (χ1) is 13.5. The highest BCUT2D eigenvalue weighted by molar-refractivity contribution is 5.37. The van der Waals surface area contributed by atoms with Crippen LogP contribution in [0.25, 0.3) is 0 Å². The lowest BCUT2D eigenvalue weighted by molar-refractivity contribution is -0.146. The first-order valence-corrected chi connectivity index (χ1v) is 11.9. The molecule has 2 nitrogen and oxygen atoms in total. The molecule has 2 heteroatoms. The normalized spacial score (nSPS) is 27.3. The lowest BCUT2D eigenvalue weighted by Gasteiger charge is -2.40. The minimum Gasteiger partial charge on any atom is -0.465 e. The highest BCUT2D eigenvalue weighted by atomic mass is 16.7. The van der Waals surface area contributed by atoms with Crippen molar-refractivity contribution in [3.63, 3.8) is 0 Å². The van der Waals surface area contributed by atoms with Gasteiger partial charge in [-0.15, -0.1) is 0 Å². The number of hydrogen-bond acceptors (Lipinski definition) is 2. The Kier molecular flexibility index (Phi) is 7.85. The maximum atomic E-state index is 6.59. The Labute approximate surface area is 173 Å². The van der Waals surface area contributed by atoms with E-state index in [1.165, 1.54) is 62.5 Å². The largest absolute Gasteiger partial charge is 0.465 e. The summed E-state index contributed by atoms with van der Waals surface area (Å²) in [5, 5.41) is 0. The maximum absolute atomic E-state index is 6.59. The molecule has 0 N–H and O–H groups in total. The smallest absolute Gasteiger partial charge is 0.200 e. The Balaban J connectivity index is 1.64. The number of hydrogen-bond donors (Lipinski definition) is 0. The molecule has 2 fully saturated rings. The van der Waals surface area contributed by atoms with E-state index in [2.05, 4.69) is 52.8 Å². The van der Waals surface area contributed by atoms with Gasteiger partial charge in [-0.3, -0.25) is 0 Å². The van der Waals surface area contributed by atoms with Crippen LogP contribution in [0.2, 0.25) is 0 Å². The number of ether oxygens (including phenoxy) is 2. The standard InChI is InChI=1S/C26H42O2/c1-6-19(4)22-12-14-25(20(5)16-22)28-26(15-18(2)3)27-24-13-11-21-9-7-8-10-23(21)17-24/h12,14,16,18-19,21,23-24,26H,6-11,13,15,17H2,1-5H3. The molecule has 5 unspecified atom stereocenters. The van der Waals surface area contributed by atoms with E-state index in [0.29, 0.717) is 17.9 Å². The van der Waals surface area contributed by atoms with Gasteiger partial charge >= 0.3 is 0 Å². The Bertz CT molecular complexity index is 608. The van der Waals surface area contributed by atoms with Crippen molar-refractivity contribution in [1.29, 1.82) is 0 Å². The van der Waals surface area contributed by atoms with Crippen LogP contribution in [-0.4, -0.2) is 12.4 Å². The van der Waals surface area contributed by atoms with E-state index in [4.69, 9.17) is 9.47 Å². The van der Waals surface area contributed by atoms with Crippen molar-refractivity contribution >= 4 is 0 Å². The summed E-state index contributed by atoms with van der Waals surface area (Å²) in [6.45, 7) is 11.2. The molecule has 2 saturated carbocycles. The van der Waals surface area contributed by atoms with Crippen LogP contribution in [0, 0.1) is 24.7 Å². The van der Waals surface area contributed by atoms with Gasteiger partial charge in [-0.05, 0) is 73.5 Å². The Morgan fingerprint density at radius 3 is 2.43 bits per heavy atom. The van der Waals surface area contributed by atoms with Crippen molar-refractivity contribution in [2.45, 2.75) is 111 Å². The first-order valence-electron chi connectivity index (χ1n) is 11.9. The average molecular weight is 387 g/mol. The van der Waals surface area contributed by atoms with Gasteiger partial charge in [-0.25, -0.2) is 0 Å².